The average molecular weight is 282 g/mol. The molecule has 1 aliphatic rings. The topological polar surface area (TPSA) is 26.0 Å². The molecule has 0 amide bonds. The summed E-state index contributed by atoms with van der Waals surface area (Å²) in [5, 5.41) is -0.256. The van der Waals surface area contributed by atoms with Gasteiger partial charge in [0.15, 0.2) is 0 Å². The van der Waals surface area contributed by atoms with Crippen molar-refractivity contribution in [2.75, 3.05) is 0 Å². The molecule has 1 fully saturated rings. The lowest BCUT2D eigenvalue weighted by atomic mass is 9.75. The van der Waals surface area contributed by atoms with E-state index in [4.69, 9.17) is 17.3 Å². The van der Waals surface area contributed by atoms with Crippen molar-refractivity contribution in [2.45, 2.75) is 37.1 Å². The van der Waals surface area contributed by atoms with Crippen LogP contribution in [-0.2, 0) is 5.54 Å². The van der Waals surface area contributed by atoms with Gasteiger partial charge in [-0.25, -0.2) is 17.6 Å². The van der Waals surface area contributed by atoms with Gasteiger partial charge in [0.05, 0.1) is 5.02 Å². The van der Waals surface area contributed by atoms with Crippen LogP contribution in [0, 0.1) is 11.6 Å². The van der Waals surface area contributed by atoms with Crippen molar-refractivity contribution >= 4 is 11.6 Å². The van der Waals surface area contributed by atoms with Crippen LogP contribution < -0.4 is 5.73 Å². The van der Waals surface area contributed by atoms with Crippen molar-refractivity contribution in [1.29, 1.82) is 0 Å². The highest BCUT2D eigenvalue weighted by Crippen LogP contribution is 2.44. The van der Waals surface area contributed by atoms with Gasteiger partial charge in [0.25, 0.3) is 0 Å². The maximum Gasteiger partial charge on any atom is 0.248 e. The van der Waals surface area contributed by atoms with Crippen molar-refractivity contribution < 1.29 is 17.6 Å². The van der Waals surface area contributed by atoms with E-state index in [-0.39, 0.29) is 23.4 Å². The predicted octanol–water partition coefficient (Wildman–Crippen LogP) is 3.98. The van der Waals surface area contributed by atoms with E-state index in [2.05, 4.69) is 0 Å². The quantitative estimate of drug-likeness (QED) is 0.611. The van der Waals surface area contributed by atoms with Crippen LogP contribution in [0.25, 0.3) is 0 Å². The number of nitrogens with two attached hydrogens (primary N) is 1. The first-order chi connectivity index (χ1) is 8.25. The highest BCUT2D eigenvalue weighted by atomic mass is 35.5. The Morgan fingerprint density at radius 3 is 2.17 bits per heavy atom. The minimum atomic E-state index is -2.81. The van der Waals surface area contributed by atoms with E-state index in [0.717, 1.165) is 12.1 Å². The molecular formula is C12H12ClF4N. The minimum absolute atomic E-state index is 0.172. The Morgan fingerprint density at radius 1 is 1.06 bits per heavy atom. The molecule has 1 aromatic carbocycles. The number of benzene rings is 1. The standard InChI is InChI=1S/C12H12ClF4N/c13-7-1-2-8(14)9(10(7)15)11(18)3-5-12(16,17)6-4-11/h1-2H,3-6,18H2. The van der Waals surface area contributed by atoms with Gasteiger partial charge in [-0.3, -0.25) is 0 Å². The Morgan fingerprint density at radius 2 is 1.61 bits per heavy atom. The van der Waals surface area contributed by atoms with Crippen LogP contribution in [0.3, 0.4) is 0 Å². The molecule has 2 N–H and O–H groups in total. The Bertz CT molecular complexity index is 465. The van der Waals surface area contributed by atoms with Gasteiger partial charge in [-0.05, 0) is 25.0 Å². The fourth-order valence-corrected chi connectivity index (χ4v) is 2.45. The molecule has 0 aliphatic heterocycles. The Labute approximate surface area is 107 Å². The number of hydrogen-bond donors (Lipinski definition) is 1. The van der Waals surface area contributed by atoms with Gasteiger partial charge in [0, 0.05) is 23.9 Å². The van der Waals surface area contributed by atoms with Crippen molar-refractivity contribution in [2.24, 2.45) is 5.73 Å². The zero-order valence-corrected chi connectivity index (χ0v) is 10.2. The maximum absolute atomic E-state index is 13.8. The molecule has 0 bridgehead atoms. The zero-order chi connectivity index (χ0) is 13.6. The van der Waals surface area contributed by atoms with Gasteiger partial charge in [-0.2, -0.15) is 0 Å². The number of hydrogen-bond acceptors (Lipinski definition) is 1. The molecule has 1 nitrogen and oxygen atoms in total. The second-order valence-electron chi connectivity index (χ2n) is 4.73. The van der Waals surface area contributed by atoms with Crippen molar-refractivity contribution in [3.05, 3.63) is 34.4 Å². The minimum Gasteiger partial charge on any atom is -0.321 e. The van der Waals surface area contributed by atoms with Crippen LogP contribution in [0.1, 0.15) is 31.2 Å². The molecular weight excluding hydrogens is 270 g/mol. The van der Waals surface area contributed by atoms with E-state index in [9.17, 15) is 17.6 Å². The summed E-state index contributed by atoms with van der Waals surface area (Å²) in [5.41, 5.74) is 4.10. The summed E-state index contributed by atoms with van der Waals surface area (Å²) in [6, 6.07) is 2.08. The third-order valence-corrected chi connectivity index (χ3v) is 3.71. The van der Waals surface area contributed by atoms with E-state index in [0.29, 0.717) is 0 Å². The first-order valence-electron chi connectivity index (χ1n) is 5.56. The van der Waals surface area contributed by atoms with Crippen LogP contribution in [0.4, 0.5) is 17.6 Å². The fraction of sp³-hybridized carbons (Fsp3) is 0.500. The monoisotopic (exact) mass is 281 g/mol. The summed E-state index contributed by atoms with van der Waals surface area (Å²) in [7, 11) is 0. The molecule has 1 aromatic rings. The predicted molar refractivity (Wildman–Crippen MR) is 60.6 cm³/mol. The van der Waals surface area contributed by atoms with E-state index in [1.807, 2.05) is 0 Å². The van der Waals surface area contributed by atoms with E-state index in [1.54, 1.807) is 0 Å². The number of alkyl halides is 2. The van der Waals surface area contributed by atoms with Crippen LogP contribution >= 0.6 is 11.6 Å². The number of rotatable bonds is 1. The maximum atomic E-state index is 13.8. The van der Waals surface area contributed by atoms with Crippen molar-refractivity contribution in [3.63, 3.8) is 0 Å². The molecule has 18 heavy (non-hydrogen) atoms. The van der Waals surface area contributed by atoms with Crippen LogP contribution in [0.5, 0.6) is 0 Å². The molecule has 0 heterocycles. The second kappa shape index (κ2) is 4.38. The lowest BCUT2D eigenvalue weighted by molar-refractivity contribution is -0.0522. The third kappa shape index (κ3) is 2.34. The molecule has 0 radical (unpaired) electrons. The second-order valence-corrected chi connectivity index (χ2v) is 5.14. The molecule has 6 heteroatoms. The van der Waals surface area contributed by atoms with E-state index in [1.165, 1.54) is 0 Å². The fourth-order valence-electron chi connectivity index (χ4n) is 2.30. The van der Waals surface area contributed by atoms with Gasteiger partial charge in [-0.15, -0.1) is 0 Å². The summed E-state index contributed by atoms with van der Waals surface area (Å²) in [4.78, 5) is 0. The Hall–Kier alpha value is -0.810. The van der Waals surface area contributed by atoms with Crippen LogP contribution in [-0.4, -0.2) is 5.92 Å². The molecule has 0 spiro atoms. The van der Waals surface area contributed by atoms with Crippen molar-refractivity contribution in [1.82, 2.24) is 0 Å². The zero-order valence-electron chi connectivity index (χ0n) is 9.45. The molecule has 1 aliphatic carbocycles. The summed E-state index contributed by atoms with van der Waals surface area (Å²) in [6.07, 6.45) is -1.30. The third-order valence-electron chi connectivity index (χ3n) is 3.42. The van der Waals surface area contributed by atoms with Gasteiger partial charge < -0.3 is 5.73 Å². The molecule has 1 saturated carbocycles. The van der Waals surface area contributed by atoms with Crippen molar-refractivity contribution in [3.8, 4) is 0 Å². The molecule has 100 valence electrons. The van der Waals surface area contributed by atoms with Crippen LogP contribution in [0.15, 0.2) is 12.1 Å². The summed E-state index contributed by atoms with van der Waals surface area (Å²) in [5.74, 6) is -4.61. The van der Waals surface area contributed by atoms with Gasteiger partial charge in [0.1, 0.15) is 11.6 Å². The SMILES string of the molecule is NC1(c2c(F)ccc(Cl)c2F)CCC(F)(F)CC1. The smallest absolute Gasteiger partial charge is 0.248 e. The van der Waals surface area contributed by atoms with Crippen LogP contribution in [0.2, 0.25) is 5.02 Å². The lowest BCUT2D eigenvalue weighted by Gasteiger charge is -2.37. The highest BCUT2D eigenvalue weighted by Gasteiger charge is 2.44. The Balaban J connectivity index is 2.40. The van der Waals surface area contributed by atoms with E-state index < -0.39 is 35.9 Å². The van der Waals surface area contributed by atoms with Gasteiger partial charge in [0.2, 0.25) is 5.92 Å². The normalized spacial score (nSPS) is 21.9. The summed E-state index contributed by atoms with van der Waals surface area (Å²) >= 11 is 5.58. The summed E-state index contributed by atoms with van der Waals surface area (Å²) in [6.45, 7) is 0. The largest absolute Gasteiger partial charge is 0.321 e. The first-order valence-corrected chi connectivity index (χ1v) is 5.94. The van der Waals surface area contributed by atoms with Gasteiger partial charge >= 0.3 is 0 Å². The van der Waals surface area contributed by atoms with E-state index >= 15 is 0 Å². The highest BCUT2D eigenvalue weighted by molar-refractivity contribution is 6.30. The molecule has 0 atom stereocenters. The average Bonchev–Trinajstić information content (AvgIpc) is 2.29. The Kier molecular flexibility index (Phi) is 3.32. The number of halogens is 5. The lowest BCUT2D eigenvalue weighted by Crippen LogP contribution is -2.44. The first kappa shape index (κ1) is 13.6. The molecule has 0 saturated heterocycles. The summed E-state index contributed by atoms with van der Waals surface area (Å²) < 4.78 is 53.7. The molecule has 0 aromatic heterocycles. The molecule has 0 unspecified atom stereocenters. The molecule has 2 rings (SSSR count). The van der Waals surface area contributed by atoms with Gasteiger partial charge in [-0.1, -0.05) is 11.6 Å².